The monoisotopic (exact) mass is 217 g/mol. The highest BCUT2D eigenvalue weighted by Crippen LogP contribution is 1.97. The summed E-state index contributed by atoms with van der Waals surface area (Å²) in [5, 5.41) is 0. The van der Waals surface area contributed by atoms with Crippen LogP contribution in [-0.2, 0) is 0 Å². The summed E-state index contributed by atoms with van der Waals surface area (Å²) in [6.45, 7) is 8.21. The molecule has 0 aliphatic carbocycles. The minimum absolute atomic E-state index is 0.838. The van der Waals surface area contributed by atoms with Crippen molar-refractivity contribution < 1.29 is 0 Å². The first kappa shape index (κ1) is 14.1. The maximum absolute atomic E-state index is 3.39. The van der Waals surface area contributed by atoms with Crippen molar-refractivity contribution in [1.82, 2.24) is 14.9 Å². The van der Waals surface area contributed by atoms with Crippen molar-refractivity contribution in [2.75, 3.05) is 33.7 Å². The summed E-state index contributed by atoms with van der Waals surface area (Å²) < 4.78 is 0. The zero-order valence-electron chi connectivity index (χ0n) is 10.3. The molecule has 3 nitrogen and oxygen atoms in total. The molecule has 0 bridgehead atoms. The standard InChI is InChI=1S/C10H27N3Si/c1-5-7-8-13(6-2)9-10-14(11-3)12-4/h11-12,14H,5-10H2,1-4H3. The minimum atomic E-state index is -0.838. The van der Waals surface area contributed by atoms with E-state index in [2.05, 4.69) is 42.8 Å². The molecule has 0 atom stereocenters. The molecule has 14 heavy (non-hydrogen) atoms. The van der Waals surface area contributed by atoms with Gasteiger partial charge in [-0.1, -0.05) is 20.3 Å². The van der Waals surface area contributed by atoms with E-state index in [1.54, 1.807) is 0 Å². The zero-order valence-corrected chi connectivity index (χ0v) is 11.4. The summed E-state index contributed by atoms with van der Waals surface area (Å²) in [5.41, 5.74) is 0. The van der Waals surface area contributed by atoms with Crippen LogP contribution in [0.4, 0.5) is 0 Å². The number of nitrogens with one attached hydrogen (secondary N) is 2. The van der Waals surface area contributed by atoms with E-state index in [4.69, 9.17) is 0 Å². The molecule has 0 saturated carbocycles. The second-order valence-corrected chi connectivity index (χ2v) is 6.54. The van der Waals surface area contributed by atoms with Gasteiger partial charge < -0.3 is 14.9 Å². The van der Waals surface area contributed by atoms with Gasteiger partial charge in [-0.3, -0.25) is 0 Å². The quantitative estimate of drug-likeness (QED) is 0.559. The lowest BCUT2D eigenvalue weighted by molar-refractivity contribution is 0.297. The van der Waals surface area contributed by atoms with Crippen LogP contribution < -0.4 is 9.96 Å². The summed E-state index contributed by atoms with van der Waals surface area (Å²) >= 11 is 0. The Morgan fingerprint density at radius 2 is 1.71 bits per heavy atom. The van der Waals surface area contributed by atoms with Crippen LogP contribution in [0.15, 0.2) is 0 Å². The Morgan fingerprint density at radius 1 is 1.07 bits per heavy atom. The fourth-order valence-corrected chi connectivity index (χ4v) is 3.04. The van der Waals surface area contributed by atoms with Crippen molar-refractivity contribution in [2.24, 2.45) is 0 Å². The summed E-state index contributed by atoms with van der Waals surface area (Å²) in [4.78, 5) is 9.33. The predicted octanol–water partition coefficient (Wildman–Crippen LogP) is 0.768. The molecule has 0 spiro atoms. The third-order valence-electron chi connectivity index (χ3n) is 2.71. The molecular formula is C10H27N3Si. The number of hydrogen-bond acceptors (Lipinski definition) is 3. The van der Waals surface area contributed by atoms with E-state index in [9.17, 15) is 0 Å². The van der Waals surface area contributed by atoms with Crippen molar-refractivity contribution in [3.63, 3.8) is 0 Å². The molecule has 0 aromatic rings. The predicted molar refractivity (Wildman–Crippen MR) is 67.1 cm³/mol. The first-order valence-electron chi connectivity index (χ1n) is 5.85. The van der Waals surface area contributed by atoms with Gasteiger partial charge in [-0.05, 0) is 46.2 Å². The van der Waals surface area contributed by atoms with E-state index in [-0.39, 0.29) is 0 Å². The van der Waals surface area contributed by atoms with Gasteiger partial charge in [-0.25, -0.2) is 0 Å². The van der Waals surface area contributed by atoms with E-state index in [0.29, 0.717) is 0 Å². The van der Waals surface area contributed by atoms with Gasteiger partial charge in [0.15, 0.2) is 9.12 Å². The Labute approximate surface area is 91.0 Å². The number of unbranched alkanes of at least 4 members (excludes halogenated alkanes) is 1. The Kier molecular flexibility index (Phi) is 9.71. The van der Waals surface area contributed by atoms with Crippen LogP contribution in [0.25, 0.3) is 0 Å². The van der Waals surface area contributed by atoms with Crippen molar-refractivity contribution in [1.29, 1.82) is 0 Å². The molecule has 0 unspecified atom stereocenters. The van der Waals surface area contributed by atoms with Crippen LogP contribution in [0.5, 0.6) is 0 Å². The molecule has 0 saturated heterocycles. The van der Waals surface area contributed by atoms with Crippen molar-refractivity contribution >= 4 is 9.12 Å². The Balaban J connectivity index is 3.59. The summed E-state index contributed by atoms with van der Waals surface area (Å²) in [7, 11) is 3.29. The van der Waals surface area contributed by atoms with Crippen LogP contribution in [0.3, 0.4) is 0 Å². The molecule has 0 radical (unpaired) electrons. The van der Waals surface area contributed by atoms with E-state index in [1.807, 2.05) is 0 Å². The third-order valence-corrected chi connectivity index (χ3v) is 4.94. The number of hydrogen-bond donors (Lipinski definition) is 2. The molecule has 0 amide bonds. The molecule has 0 aromatic heterocycles. The number of rotatable bonds is 9. The van der Waals surface area contributed by atoms with Crippen LogP contribution in [0, 0.1) is 0 Å². The normalized spacial score (nSPS) is 11.6. The van der Waals surface area contributed by atoms with E-state index in [0.717, 1.165) is 0 Å². The third kappa shape index (κ3) is 6.54. The van der Waals surface area contributed by atoms with E-state index >= 15 is 0 Å². The highest BCUT2D eigenvalue weighted by Gasteiger charge is 2.08. The Bertz CT molecular complexity index is 118. The van der Waals surface area contributed by atoms with Crippen molar-refractivity contribution in [3.05, 3.63) is 0 Å². The van der Waals surface area contributed by atoms with Crippen LogP contribution in [0.2, 0.25) is 6.04 Å². The second-order valence-electron chi connectivity index (χ2n) is 3.71. The van der Waals surface area contributed by atoms with Gasteiger partial charge in [-0.15, -0.1) is 0 Å². The van der Waals surface area contributed by atoms with Gasteiger partial charge in [-0.2, -0.15) is 0 Å². The molecule has 0 aliphatic heterocycles. The molecule has 86 valence electrons. The summed E-state index contributed by atoms with van der Waals surface area (Å²) in [6, 6.07) is 1.31. The van der Waals surface area contributed by atoms with E-state index < -0.39 is 9.12 Å². The fraction of sp³-hybridized carbons (Fsp3) is 1.00. The number of nitrogens with zero attached hydrogens (tertiary/aromatic N) is 1. The van der Waals surface area contributed by atoms with Crippen molar-refractivity contribution in [3.8, 4) is 0 Å². The highest BCUT2D eigenvalue weighted by atomic mass is 28.3. The largest absolute Gasteiger partial charge is 0.331 e. The fourth-order valence-electron chi connectivity index (χ4n) is 1.55. The van der Waals surface area contributed by atoms with Crippen LogP contribution >= 0.6 is 0 Å². The lowest BCUT2D eigenvalue weighted by atomic mass is 10.3. The Hall–Kier alpha value is 0.0969. The highest BCUT2D eigenvalue weighted by molar-refractivity contribution is 6.53. The molecular weight excluding hydrogens is 190 g/mol. The van der Waals surface area contributed by atoms with Crippen LogP contribution in [0.1, 0.15) is 26.7 Å². The maximum atomic E-state index is 3.39. The maximum Gasteiger partial charge on any atom is 0.185 e. The van der Waals surface area contributed by atoms with Gasteiger partial charge in [0.2, 0.25) is 0 Å². The first-order valence-corrected chi connectivity index (χ1v) is 7.82. The molecule has 0 aliphatic rings. The molecule has 0 aromatic carbocycles. The van der Waals surface area contributed by atoms with E-state index in [1.165, 1.54) is 38.5 Å². The zero-order chi connectivity index (χ0) is 10.8. The smallest absolute Gasteiger partial charge is 0.185 e. The van der Waals surface area contributed by atoms with Gasteiger partial charge in [0.25, 0.3) is 0 Å². The first-order chi connectivity index (χ1) is 6.78. The van der Waals surface area contributed by atoms with Crippen molar-refractivity contribution in [2.45, 2.75) is 32.7 Å². The minimum Gasteiger partial charge on any atom is -0.331 e. The average Bonchev–Trinajstić information content (AvgIpc) is 2.23. The summed E-state index contributed by atoms with van der Waals surface area (Å²) in [5.74, 6) is 0. The average molecular weight is 217 g/mol. The second kappa shape index (κ2) is 9.64. The van der Waals surface area contributed by atoms with Gasteiger partial charge in [0, 0.05) is 0 Å². The lowest BCUT2D eigenvalue weighted by Crippen LogP contribution is -2.45. The lowest BCUT2D eigenvalue weighted by Gasteiger charge is -2.22. The topological polar surface area (TPSA) is 27.3 Å². The van der Waals surface area contributed by atoms with Gasteiger partial charge in [0.1, 0.15) is 0 Å². The van der Waals surface area contributed by atoms with Gasteiger partial charge in [0.05, 0.1) is 0 Å². The molecule has 4 heteroatoms. The molecule has 0 fully saturated rings. The molecule has 0 heterocycles. The Morgan fingerprint density at radius 3 is 2.14 bits per heavy atom. The molecule has 2 N–H and O–H groups in total. The summed E-state index contributed by atoms with van der Waals surface area (Å²) in [6.07, 6.45) is 2.63. The van der Waals surface area contributed by atoms with Crippen LogP contribution in [-0.4, -0.2) is 47.7 Å². The van der Waals surface area contributed by atoms with Gasteiger partial charge >= 0.3 is 0 Å². The molecule has 0 rings (SSSR count). The SMILES string of the molecule is CCCCN(CC)CC[SiH](NC)NC.